The third kappa shape index (κ3) is 4.03. The molecule has 0 spiro atoms. The van der Waals surface area contributed by atoms with Gasteiger partial charge in [-0.1, -0.05) is 15.9 Å². The first-order chi connectivity index (χ1) is 9.93. The summed E-state index contributed by atoms with van der Waals surface area (Å²) in [6.45, 7) is 0. The van der Waals surface area contributed by atoms with E-state index in [9.17, 15) is 8.78 Å². The Labute approximate surface area is 152 Å². The summed E-state index contributed by atoms with van der Waals surface area (Å²) in [6.07, 6.45) is 0.228. The fraction of sp³-hybridized carbons (Fsp3) is 0.200. The van der Waals surface area contributed by atoms with Crippen molar-refractivity contribution in [3.05, 3.63) is 65.6 Å². The van der Waals surface area contributed by atoms with E-state index in [0.29, 0.717) is 0 Å². The molecule has 1 unspecified atom stereocenters. The van der Waals surface area contributed by atoms with Gasteiger partial charge >= 0.3 is 0 Å². The summed E-state index contributed by atoms with van der Waals surface area (Å²) in [6, 6.07) is 8.38. The molecule has 112 valence electrons. The lowest BCUT2D eigenvalue weighted by Crippen LogP contribution is -2.20. The molecular weight excluding hydrogens is 519 g/mol. The van der Waals surface area contributed by atoms with Gasteiger partial charge in [-0.2, -0.15) is 0 Å². The molecule has 0 aliphatic carbocycles. The molecule has 1 nitrogen and oxygen atoms in total. The molecule has 1 atom stereocenters. The van der Waals surface area contributed by atoms with Crippen molar-refractivity contribution in [2.45, 2.75) is 12.5 Å². The number of hydrogen-bond acceptors (Lipinski definition) is 1. The van der Waals surface area contributed by atoms with Gasteiger partial charge in [0.25, 0.3) is 0 Å². The summed E-state index contributed by atoms with van der Waals surface area (Å²) in [5.74, 6) is -1.07. The number of likely N-dealkylation sites (N-methyl/N-ethyl adjacent to an activating group) is 1. The van der Waals surface area contributed by atoms with Gasteiger partial charge in [0.1, 0.15) is 11.6 Å². The van der Waals surface area contributed by atoms with E-state index in [1.807, 2.05) is 18.2 Å². The normalized spacial score (nSPS) is 12.5. The van der Waals surface area contributed by atoms with Gasteiger partial charge in [-0.3, -0.25) is 0 Å². The molecule has 0 bridgehead atoms. The predicted molar refractivity (Wildman–Crippen MR) is 96.4 cm³/mol. The average Bonchev–Trinajstić information content (AvgIpc) is 2.46. The zero-order valence-electron chi connectivity index (χ0n) is 11.1. The van der Waals surface area contributed by atoms with Crippen molar-refractivity contribution in [1.82, 2.24) is 5.32 Å². The van der Waals surface area contributed by atoms with Gasteiger partial charge < -0.3 is 5.32 Å². The highest BCUT2D eigenvalue weighted by Gasteiger charge is 2.20. The summed E-state index contributed by atoms with van der Waals surface area (Å²) in [4.78, 5) is 0. The van der Waals surface area contributed by atoms with Gasteiger partial charge in [0.2, 0.25) is 0 Å². The zero-order valence-corrected chi connectivity index (χ0v) is 16.4. The van der Waals surface area contributed by atoms with Gasteiger partial charge in [-0.15, -0.1) is 0 Å². The number of benzene rings is 2. The van der Waals surface area contributed by atoms with Crippen molar-refractivity contribution < 1.29 is 8.78 Å². The van der Waals surface area contributed by atoms with Crippen LogP contribution in [0.5, 0.6) is 0 Å². The van der Waals surface area contributed by atoms with Crippen molar-refractivity contribution in [2.24, 2.45) is 0 Å². The topological polar surface area (TPSA) is 12.0 Å². The first-order valence-electron chi connectivity index (χ1n) is 6.18. The van der Waals surface area contributed by atoms with Crippen molar-refractivity contribution in [1.29, 1.82) is 0 Å². The molecule has 1 N–H and O–H groups in total. The Hall–Kier alpha value is -0.0500. The zero-order chi connectivity index (χ0) is 15.6. The molecule has 0 fully saturated rings. The second-order valence-corrected chi connectivity index (χ2v) is 7.49. The fourth-order valence-electron chi connectivity index (χ4n) is 2.11. The Bertz CT molecular complexity index is 664. The summed E-state index contributed by atoms with van der Waals surface area (Å²) in [7, 11) is 1.78. The van der Waals surface area contributed by atoms with Crippen LogP contribution in [0.3, 0.4) is 0 Å². The molecule has 0 aliphatic heterocycles. The van der Waals surface area contributed by atoms with Crippen LogP contribution >= 0.6 is 54.5 Å². The minimum absolute atomic E-state index is 0.0782. The van der Waals surface area contributed by atoms with E-state index in [1.54, 1.807) is 7.05 Å². The Morgan fingerprint density at radius 2 is 1.81 bits per heavy atom. The van der Waals surface area contributed by atoms with Crippen LogP contribution in [-0.2, 0) is 6.42 Å². The van der Waals surface area contributed by atoms with Crippen LogP contribution in [-0.4, -0.2) is 7.05 Å². The molecule has 0 aromatic heterocycles. The number of halogens is 5. The highest BCUT2D eigenvalue weighted by molar-refractivity contribution is 14.1. The van der Waals surface area contributed by atoms with Crippen LogP contribution in [0.4, 0.5) is 8.78 Å². The smallest absolute Gasteiger partial charge is 0.143 e. The lowest BCUT2D eigenvalue weighted by Gasteiger charge is -2.19. The molecular formula is C15H12Br2F2IN. The predicted octanol–water partition coefficient (Wildman–Crippen LogP) is 5.60. The van der Waals surface area contributed by atoms with Crippen LogP contribution < -0.4 is 5.32 Å². The lowest BCUT2D eigenvalue weighted by atomic mass is 9.98. The Balaban J connectivity index is 2.40. The van der Waals surface area contributed by atoms with E-state index in [4.69, 9.17) is 0 Å². The highest BCUT2D eigenvalue weighted by Crippen LogP contribution is 2.30. The standard InChI is InChI=1S/C15H12Br2F2IN/c1-21-14(9-6-8(20)2-3-11(9)16)7-10-13(18)5-4-12(17)15(10)19/h2-6,14,21H,7H2,1H3. The molecule has 0 radical (unpaired) electrons. The second kappa shape index (κ2) is 7.48. The van der Waals surface area contributed by atoms with Crippen LogP contribution in [0.15, 0.2) is 39.3 Å². The van der Waals surface area contributed by atoms with E-state index < -0.39 is 11.6 Å². The summed E-state index contributed by atoms with van der Waals surface area (Å²) >= 11 is 8.82. The van der Waals surface area contributed by atoms with Crippen molar-refractivity contribution in [2.75, 3.05) is 7.05 Å². The maximum Gasteiger partial charge on any atom is 0.143 e. The fourth-order valence-corrected chi connectivity index (χ4v) is 3.52. The quantitative estimate of drug-likeness (QED) is 0.401. The Morgan fingerprint density at radius 3 is 2.48 bits per heavy atom. The van der Waals surface area contributed by atoms with Crippen LogP contribution in [0, 0.1) is 15.2 Å². The third-order valence-electron chi connectivity index (χ3n) is 3.23. The molecule has 21 heavy (non-hydrogen) atoms. The van der Waals surface area contributed by atoms with Crippen molar-refractivity contribution in [3.63, 3.8) is 0 Å². The summed E-state index contributed by atoms with van der Waals surface area (Å²) in [5.41, 5.74) is 1.05. The maximum absolute atomic E-state index is 14.1. The van der Waals surface area contributed by atoms with Gasteiger partial charge in [-0.05, 0) is 87.9 Å². The second-order valence-electron chi connectivity index (χ2n) is 4.53. The minimum atomic E-state index is -0.544. The number of nitrogens with one attached hydrogen (secondary N) is 1. The monoisotopic (exact) mass is 529 g/mol. The molecule has 0 saturated heterocycles. The van der Waals surface area contributed by atoms with Crippen molar-refractivity contribution in [3.8, 4) is 0 Å². The Kier molecular flexibility index (Phi) is 6.16. The highest BCUT2D eigenvalue weighted by atomic mass is 127. The number of rotatable bonds is 4. The van der Waals surface area contributed by atoms with E-state index in [0.717, 1.165) is 13.6 Å². The summed E-state index contributed by atoms with van der Waals surface area (Å²) < 4.78 is 30.3. The minimum Gasteiger partial charge on any atom is -0.313 e. The Morgan fingerprint density at radius 1 is 1.14 bits per heavy atom. The molecule has 6 heteroatoms. The third-order valence-corrected chi connectivity index (χ3v) is 5.23. The molecule has 2 aromatic rings. The van der Waals surface area contributed by atoms with E-state index in [-0.39, 0.29) is 22.5 Å². The molecule has 2 aromatic carbocycles. The van der Waals surface area contributed by atoms with Gasteiger partial charge in [-0.25, -0.2) is 8.78 Å². The maximum atomic E-state index is 14.1. The SMILES string of the molecule is CNC(Cc1c(F)ccc(Br)c1F)c1cc(I)ccc1Br. The lowest BCUT2D eigenvalue weighted by molar-refractivity contribution is 0.511. The van der Waals surface area contributed by atoms with E-state index in [2.05, 4.69) is 59.8 Å². The molecule has 0 aliphatic rings. The number of hydrogen-bond donors (Lipinski definition) is 1. The molecule has 0 heterocycles. The largest absolute Gasteiger partial charge is 0.313 e. The van der Waals surface area contributed by atoms with E-state index >= 15 is 0 Å². The van der Waals surface area contributed by atoms with Gasteiger partial charge in [0, 0.05) is 19.6 Å². The molecule has 0 saturated carbocycles. The van der Waals surface area contributed by atoms with Crippen LogP contribution in [0.2, 0.25) is 0 Å². The van der Waals surface area contributed by atoms with Gasteiger partial charge in [0.05, 0.1) is 4.47 Å². The van der Waals surface area contributed by atoms with Gasteiger partial charge in [0.15, 0.2) is 0 Å². The van der Waals surface area contributed by atoms with Crippen LogP contribution in [0.25, 0.3) is 0 Å². The first-order valence-corrected chi connectivity index (χ1v) is 8.85. The van der Waals surface area contributed by atoms with Crippen molar-refractivity contribution >= 4 is 54.5 Å². The first kappa shape index (κ1) is 17.3. The van der Waals surface area contributed by atoms with E-state index in [1.165, 1.54) is 12.1 Å². The molecule has 0 amide bonds. The molecule has 2 rings (SSSR count). The van der Waals surface area contributed by atoms with Crippen LogP contribution in [0.1, 0.15) is 17.2 Å². The summed E-state index contributed by atoms with van der Waals surface area (Å²) in [5, 5.41) is 3.13. The average molecular weight is 531 g/mol.